The molecule has 1 aliphatic rings. The van der Waals surface area contributed by atoms with Crippen LogP contribution in [0.5, 0.6) is 17.2 Å². The van der Waals surface area contributed by atoms with Gasteiger partial charge in [-0.1, -0.05) is 18.2 Å². The second kappa shape index (κ2) is 9.05. The molecule has 0 atom stereocenters. The number of nitrogens with one attached hydrogen (secondary N) is 2. The van der Waals surface area contributed by atoms with Crippen molar-refractivity contribution in [1.29, 1.82) is 0 Å². The van der Waals surface area contributed by atoms with E-state index in [1.165, 1.54) is 0 Å². The predicted molar refractivity (Wildman–Crippen MR) is 96.5 cm³/mol. The SMILES string of the molecule is CN=C(NCCc1ccc(OC)c(OC)c1OC)NC1CC=CC1. The number of guanidine groups is 1. The van der Waals surface area contributed by atoms with Crippen LogP contribution in [-0.2, 0) is 6.42 Å². The number of hydrogen-bond donors (Lipinski definition) is 2. The zero-order valence-corrected chi connectivity index (χ0v) is 14.9. The van der Waals surface area contributed by atoms with Crippen molar-refractivity contribution in [3.8, 4) is 17.2 Å². The van der Waals surface area contributed by atoms with Gasteiger partial charge in [-0.25, -0.2) is 0 Å². The maximum atomic E-state index is 5.51. The van der Waals surface area contributed by atoms with Gasteiger partial charge in [0, 0.05) is 25.2 Å². The Hall–Kier alpha value is -2.37. The Labute approximate surface area is 143 Å². The lowest BCUT2D eigenvalue weighted by Crippen LogP contribution is -2.43. The Morgan fingerprint density at radius 1 is 1.08 bits per heavy atom. The van der Waals surface area contributed by atoms with E-state index in [9.17, 15) is 0 Å². The lowest BCUT2D eigenvalue weighted by molar-refractivity contribution is 0.322. The van der Waals surface area contributed by atoms with Crippen molar-refractivity contribution >= 4 is 5.96 Å². The molecule has 132 valence electrons. The number of methoxy groups -OCH3 is 3. The molecule has 0 radical (unpaired) electrons. The number of ether oxygens (including phenoxy) is 3. The van der Waals surface area contributed by atoms with Crippen molar-refractivity contribution in [3.05, 3.63) is 29.8 Å². The molecule has 0 saturated carbocycles. The monoisotopic (exact) mass is 333 g/mol. The van der Waals surface area contributed by atoms with Gasteiger partial charge < -0.3 is 24.8 Å². The van der Waals surface area contributed by atoms with E-state index in [0.717, 1.165) is 37.3 Å². The van der Waals surface area contributed by atoms with Crippen LogP contribution >= 0.6 is 0 Å². The van der Waals surface area contributed by atoms with E-state index in [1.807, 2.05) is 12.1 Å². The van der Waals surface area contributed by atoms with Crippen molar-refractivity contribution in [2.75, 3.05) is 34.9 Å². The summed E-state index contributed by atoms with van der Waals surface area (Å²) in [4.78, 5) is 4.28. The van der Waals surface area contributed by atoms with Crippen LogP contribution in [0.4, 0.5) is 0 Å². The van der Waals surface area contributed by atoms with Gasteiger partial charge in [0.2, 0.25) is 5.75 Å². The van der Waals surface area contributed by atoms with E-state index in [0.29, 0.717) is 23.3 Å². The molecule has 0 unspecified atom stereocenters. The van der Waals surface area contributed by atoms with Crippen LogP contribution in [-0.4, -0.2) is 46.9 Å². The molecule has 0 heterocycles. The molecule has 1 aliphatic carbocycles. The Balaban J connectivity index is 1.95. The average Bonchev–Trinajstić information content (AvgIpc) is 3.13. The molecule has 0 spiro atoms. The standard InChI is InChI=1S/C18H27N3O3/c1-19-18(21-14-7-5-6-8-14)20-12-11-13-9-10-15(22-2)17(24-4)16(13)23-3/h5-6,9-10,14H,7-8,11-12H2,1-4H3,(H2,19,20,21). The lowest BCUT2D eigenvalue weighted by atomic mass is 10.1. The van der Waals surface area contributed by atoms with E-state index < -0.39 is 0 Å². The molecule has 2 rings (SSSR count). The highest BCUT2D eigenvalue weighted by molar-refractivity contribution is 5.80. The third-order valence-corrected chi connectivity index (χ3v) is 4.04. The van der Waals surface area contributed by atoms with Gasteiger partial charge in [0.1, 0.15) is 0 Å². The van der Waals surface area contributed by atoms with Gasteiger partial charge in [-0.3, -0.25) is 4.99 Å². The van der Waals surface area contributed by atoms with E-state index in [1.54, 1.807) is 28.4 Å². The molecule has 24 heavy (non-hydrogen) atoms. The van der Waals surface area contributed by atoms with E-state index in [2.05, 4.69) is 27.8 Å². The molecular formula is C18H27N3O3. The van der Waals surface area contributed by atoms with Crippen LogP contribution in [0.2, 0.25) is 0 Å². The third kappa shape index (κ3) is 4.34. The van der Waals surface area contributed by atoms with Crippen LogP contribution in [0.1, 0.15) is 18.4 Å². The molecule has 1 aromatic rings. The van der Waals surface area contributed by atoms with Crippen molar-refractivity contribution in [2.24, 2.45) is 4.99 Å². The Morgan fingerprint density at radius 3 is 2.38 bits per heavy atom. The van der Waals surface area contributed by atoms with Crippen molar-refractivity contribution < 1.29 is 14.2 Å². The molecule has 2 N–H and O–H groups in total. The number of aliphatic imine (C=N–C) groups is 1. The number of benzene rings is 1. The summed E-state index contributed by atoms with van der Waals surface area (Å²) < 4.78 is 16.2. The van der Waals surface area contributed by atoms with Gasteiger partial charge in [-0.2, -0.15) is 0 Å². The Bertz CT molecular complexity index is 591. The Morgan fingerprint density at radius 2 is 1.79 bits per heavy atom. The second-order valence-electron chi connectivity index (χ2n) is 5.53. The summed E-state index contributed by atoms with van der Waals surface area (Å²) in [6, 6.07) is 4.33. The van der Waals surface area contributed by atoms with E-state index in [-0.39, 0.29) is 0 Å². The fourth-order valence-electron chi connectivity index (χ4n) is 2.80. The van der Waals surface area contributed by atoms with Crippen LogP contribution in [0.25, 0.3) is 0 Å². The normalized spacial score (nSPS) is 14.6. The van der Waals surface area contributed by atoms with Gasteiger partial charge in [-0.15, -0.1) is 0 Å². The highest BCUT2D eigenvalue weighted by Crippen LogP contribution is 2.39. The maximum absolute atomic E-state index is 5.51. The first-order valence-corrected chi connectivity index (χ1v) is 8.13. The molecule has 0 aliphatic heterocycles. The van der Waals surface area contributed by atoms with Crippen molar-refractivity contribution in [1.82, 2.24) is 10.6 Å². The smallest absolute Gasteiger partial charge is 0.203 e. The van der Waals surface area contributed by atoms with Gasteiger partial charge in [0.25, 0.3) is 0 Å². The van der Waals surface area contributed by atoms with E-state index >= 15 is 0 Å². The zero-order valence-electron chi connectivity index (χ0n) is 14.9. The average molecular weight is 333 g/mol. The number of hydrogen-bond acceptors (Lipinski definition) is 4. The first-order chi connectivity index (χ1) is 11.7. The minimum atomic E-state index is 0.437. The number of rotatable bonds is 7. The lowest BCUT2D eigenvalue weighted by Gasteiger charge is -2.18. The molecule has 0 amide bonds. The summed E-state index contributed by atoms with van der Waals surface area (Å²) in [6.07, 6.45) is 7.26. The fourth-order valence-corrected chi connectivity index (χ4v) is 2.80. The van der Waals surface area contributed by atoms with E-state index in [4.69, 9.17) is 14.2 Å². The number of nitrogens with zero attached hydrogens (tertiary/aromatic N) is 1. The van der Waals surface area contributed by atoms with Crippen molar-refractivity contribution in [2.45, 2.75) is 25.3 Å². The van der Waals surface area contributed by atoms with Gasteiger partial charge in [0.05, 0.1) is 21.3 Å². The molecule has 6 nitrogen and oxygen atoms in total. The van der Waals surface area contributed by atoms with Gasteiger partial charge >= 0.3 is 0 Å². The highest BCUT2D eigenvalue weighted by atomic mass is 16.5. The van der Waals surface area contributed by atoms with Crippen LogP contribution in [0.3, 0.4) is 0 Å². The molecule has 1 aromatic carbocycles. The minimum absolute atomic E-state index is 0.437. The molecule has 0 saturated heterocycles. The Kier molecular flexibility index (Phi) is 6.78. The minimum Gasteiger partial charge on any atom is -0.493 e. The predicted octanol–water partition coefficient (Wildman–Crippen LogP) is 2.14. The summed E-state index contributed by atoms with van der Waals surface area (Å²) >= 11 is 0. The quantitative estimate of drug-likeness (QED) is 0.455. The molecular weight excluding hydrogens is 306 g/mol. The van der Waals surface area contributed by atoms with Gasteiger partial charge in [-0.05, 0) is 25.3 Å². The summed E-state index contributed by atoms with van der Waals surface area (Å²) in [5.41, 5.74) is 1.06. The van der Waals surface area contributed by atoms with Crippen LogP contribution < -0.4 is 24.8 Å². The third-order valence-electron chi connectivity index (χ3n) is 4.04. The summed E-state index contributed by atoms with van der Waals surface area (Å²) in [7, 11) is 6.66. The highest BCUT2D eigenvalue weighted by Gasteiger charge is 2.16. The molecule has 0 bridgehead atoms. The van der Waals surface area contributed by atoms with Crippen molar-refractivity contribution in [3.63, 3.8) is 0 Å². The first-order valence-electron chi connectivity index (χ1n) is 8.13. The second-order valence-corrected chi connectivity index (χ2v) is 5.53. The molecule has 0 aromatic heterocycles. The molecule has 0 fully saturated rings. The summed E-state index contributed by atoms with van der Waals surface area (Å²) in [5, 5.41) is 6.77. The summed E-state index contributed by atoms with van der Waals surface area (Å²) in [6.45, 7) is 0.742. The maximum Gasteiger partial charge on any atom is 0.203 e. The summed E-state index contributed by atoms with van der Waals surface area (Å²) in [5.74, 6) is 2.82. The largest absolute Gasteiger partial charge is 0.493 e. The zero-order chi connectivity index (χ0) is 17.4. The van der Waals surface area contributed by atoms with Crippen LogP contribution in [0, 0.1) is 0 Å². The molecule has 6 heteroatoms. The fraction of sp³-hybridized carbons (Fsp3) is 0.500. The van der Waals surface area contributed by atoms with Gasteiger partial charge in [0.15, 0.2) is 17.5 Å². The van der Waals surface area contributed by atoms with Crippen LogP contribution in [0.15, 0.2) is 29.3 Å². The topological polar surface area (TPSA) is 64.1 Å². The first kappa shape index (κ1) is 18.0.